The SMILES string of the molecule is O=C1CC(O)CN1c1cccc(C(F)(F)F)n1. The van der Waals surface area contributed by atoms with Crippen molar-refractivity contribution in [3.8, 4) is 0 Å². The fourth-order valence-corrected chi connectivity index (χ4v) is 1.64. The number of aromatic nitrogens is 1. The molecule has 2 rings (SSSR count). The van der Waals surface area contributed by atoms with Crippen molar-refractivity contribution >= 4 is 11.7 Å². The van der Waals surface area contributed by atoms with Gasteiger partial charge in [-0.1, -0.05) is 6.07 Å². The van der Waals surface area contributed by atoms with Crippen molar-refractivity contribution in [1.29, 1.82) is 0 Å². The minimum atomic E-state index is -4.54. The zero-order valence-electron chi connectivity index (χ0n) is 8.61. The molecule has 1 fully saturated rings. The quantitative estimate of drug-likeness (QED) is 0.810. The molecule has 7 heteroatoms. The highest BCUT2D eigenvalue weighted by molar-refractivity contribution is 5.95. The van der Waals surface area contributed by atoms with Gasteiger partial charge in [0.25, 0.3) is 0 Å². The molecule has 0 bridgehead atoms. The summed E-state index contributed by atoms with van der Waals surface area (Å²) in [5.41, 5.74) is -1.05. The average Bonchev–Trinajstić information content (AvgIpc) is 2.57. The van der Waals surface area contributed by atoms with E-state index in [4.69, 9.17) is 0 Å². The van der Waals surface area contributed by atoms with Gasteiger partial charge in [-0.2, -0.15) is 13.2 Å². The number of amides is 1. The Morgan fingerprint density at radius 1 is 1.41 bits per heavy atom. The molecule has 0 aromatic carbocycles. The highest BCUT2D eigenvalue weighted by Crippen LogP contribution is 2.29. The van der Waals surface area contributed by atoms with E-state index in [1.807, 2.05) is 0 Å². The standard InChI is InChI=1S/C10H9F3N2O2/c11-10(12,13)7-2-1-3-8(14-7)15-5-6(16)4-9(15)17/h1-3,6,16H,4-5H2. The van der Waals surface area contributed by atoms with E-state index in [-0.39, 0.29) is 18.8 Å². The minimum absolute atomic E-state index is 0.0207. The van der Waals surface area contributed by atoms with Crippen molar-refractivity contribution in [2.75, 3.05) is 11.4 Å². The first-order valence-electron chi connectivity index (χ1n) is 4.90. The molecule has 0 radical (unpaired) electrons. The number of anilines is 1. The van der Waals surface area contributed by atoms with E-state index in [0.717, 1.165) is 11.0 Å². The zero-order chi connectivity index (χ0) is 12.6. The van der Waals surface area contributed by atoms with Crippen molar-refractivity contribution in [2.45, 2.75) is 18.7 Å². The van der Waals surface area contributed by atoms with E-state index >= 15 is 0 Å². The summed E-state index contributed by atoms with van der Waals surface area (Å²) in [6.45, 7) is -0.0207. The van der Waals surface area contributed by atoms with Crippen LogP contribution in [0.4, 0.5) is 19.0 Å². The molecule has 1 saturated heterocycles. The second-order valence-corrected chi connectivity index (χ2v) is 3.74. The van der Waals surface area contributed by atoms with Gasteiger partial charge in [0.05, 0.1) is 19.1 Å². The number of nitrogens with zero attached hydrogens (tertiary/aromatic N) is 2. The zero-order valence-corrected chi connectivity index (χ0v) is 8.61. The summed E-state index contributed by atoms with van der Waals surface area (Å²) >= 11 is 0. The van der Waals surface area contributed by atoms with Crippen LogP contribution < -0.4 is 4.90 Å². The molecule has 1 aromatic heterocycles. The number of alkyl halides is 3. The number of rotatable bonds is 1. The lowest BCUT2D eigenvalue weighted by Gasteiger charge is -2.16. The largest absolute Gasteiger partial charge is 0.433 e. The highest BCUT2D eigenvalue weighted by Gasteiger charge is 2.35. The first-order chi connectivity index (χ1) is 7.88. The monoisotopic (exact) mass is 246 g/mol. The number of halogens is 3. The van der Waals surface area contributed by atoms with Gasteiger partial charge in [-0.15, -0.1) is 0 Å². The normalized spacial score (nSPS) is 21.1. The Balaban J connectivity index is 2.31. The van der Waals surface area contributed by atoms with E-state index < -0.39 is 23.9 Å². The van der Waals surface area contributed by atoms with E-state index in [1.54, 1.807) is 0 Å². The summed E-state index contributed by atoms with van der Waals surface area (Å²) in [5, 5.41) is 9.25. The van der Waals surface area contributed by atoms with Gasteiger partial charge in [-0.3, -0.25) is 9.69 Å². The second kappa shape index (κ2) is 3.99. The Kier molecular flexibility index (Phi) is 2.78. The lowest BCUT2D eigenvalue weighted by Crippen LogP contribution is -2.27. The smallest absolute Gasteiger partial charge is 0.391 e. The molecule has 1 aliphatic rings. The van der Waals surface area contributed by atoms with Crippen molar-refractivity contribution in [1.82, 2.24) is 4.98 Å². The molecule has 1 aromatic rings. The molecule has 1 unspecified atom stereocenters. The molecule has 17 heavy (non-hydrogen) atoms. The maximum Gasteiger partial charge on any atom is 0.433 e. The molecular formula is C10H9F3N2O2. The number of carbonyl (C=O) groups excluding carboxylic acids is 1. The van der Waals surface area contributed by atoms with E-state index in [2.05, 4.69) is 4.98 Å². The summed E-state index contributed by atoms with van der Waals surface area (Å²) in [6.07, 6.45) is -5.48. The Labute approximate surface area is 94.7 Å². The Morgan fingerprint density at radius 3 is 2.65 bits per heavy atom. The van der Waals surface area contributed by atoms with Gasteiger partial charge in [0.1, 0.15) is 11.5 Å². The molecule has 1 aliphatic heterocycles. The van der Waals surface area contributed by atoms with E-state index in [0.29, 0.717) is 0 Å². The van der Waals surface area contributed by atoms with Crippen molar-refractivity contribution in [3.63, 3.8) is 0 Å². The number of hydrogen-bond donors (Lipinski definition) is 1. The maximum atomic E-state index is 12.4. The maximum absolute atomic E-state index is 12.4. The van der Waals surface area contributed by atoms with Crippen LogP contribution >= 0.6 is 0 Å². The summed E-state index contributed by atoms with van der Waals surface area (Å²) in [7, 11) is 0. The summed E-state index contributed by atoms with van der Waals surface area (Å²) in [5.74, 6) is -0.509. The molecule has 1 amide bonds. The number of carbonyl (C=O) groups is 1. The summed E-state index contributed by atoms with van der Waals surface area (Å²) in [4.78, 5) is 15.8. The second-order valence-electron chi connectivity index (χ2n) is 3.74. The topological polar surface area (TPSA) is 53.4 Å². The van der Waals surface area contributed by atoms with Gasteiger partial charge in [0.15, 0.2) is 0 Å². The minimum Gasteiger partial charge on any atom is -0.391 e. The predicted molar refractivity (Wildman–Crippen MR) is 52.2 cm³/mol. The number of aliphatic hydroxyl groups excluding tert-OH is 1. The van der Waals surface area contributed by atoms with Crippen molar-refractivity contribution < 1.29 is 23.1 Å². The molecule has 1 N–H and O–H groups in total. The van der Waals surface area contributed by atoms with Crippen LogP contribution in [0, 0.1) is 0 Å². The molecule has 4 nitrogen and oxygen atoms in total. The van der Waals surface area contributed by atoms with Crippen LogP contribution in [-0.4, -0.2) is 28.6 Å². The number of pyridine rings is 1. The fourth-order valence-electron chi connectivity index (χ4n) is 1.64. The Hall–Kier alpha value is -1.63. The van der Waals surface area contributed by atoms with Crippen molar-refractivity contribution in [3.05, 3.63) is 23.9 Å². The van der Waals surface area contributed by atoms with Crippen LogP contribution in [-0.2, 0) is 11.0 Å². The van der Waals surface area contributed by atoms with Gasteiger partial charge < -0.3 is 5.11 Å². The van der Waals surface area contributed by atoms with E-state index in [1.165, 1.54) is 12.1 Å². The number of aliphatic hydroxyl groups is 1. The van der Waals surface area contributed by atoms with Crippen molar-refractivity contribution in [2.24, 2.45) is 0 Å². The van der Waals surface area contributed by atoms with Crippen LogP contribution in [0.5, 0.6) is 0 Å². The van der Waals surface area contributed by atoms with Gasteiger partial charge in [-0.05, 0) is 12.1 Å². The van der Waals surface area contributed by atoms with Gasteiger partial charge >= 0.3 is 6.18 Å². The third kappa shape index (κ3) is 2.38. The molecule has 2 heterocycles. The van der Waals surface area contributed by atoms with Crippen LogP contribution in [0.15, 0.2) is 18.2 Å². The third-order valence-corrected chi connectivity index (χ3v) is 2.41. The Bertz CT molecular complexity index is 447. The number of β-amino-alcohol motifs (C(OH)–C–C–N with tert-alkyl or cyclic N) is 1. The molecule has 0 saturated carbocycles. The first-order valence-corrected chi connectivity index (χ1v) is 4.90. The molecule has 92 valence electrons. The average molecular weight is 246 g/mol. The summed E-state index contributed by atoms with van der Waals surface area (Å²) < 4.78 is 37.2. The molecule has 0 aliphatic carbocycles. The molecule has 1 atom stereocenters. The van der Waals surface area contributed by atoms with Crippen LogP contribution in [0.1, 0.15) is 12.1 Å². The van der Waals surface area contributed by atoms with Gasteiger partial charge in [0, 0.05) is 0 Å². The van der Waals surface area contributed by atoms with E-state index in [9.17, 15) is 23.1 Å². The molecule has 0 spiro atoms. The fraction of sp³-hybridized carbons (Fsp3) is 0.400. The first kappa shape index (κ1) is 11.8. The Morgan fingerprint density at radius 2 is 2.12 bits per heavy atom. The predicted octanol–water partition coefficient (Wildman–Crippen LogP) is 1.20. The highest BCUT2D eigenvalue weighted by atomic mass is 19.4. The summed E-state index contributed by atoms with van der Waals surface area (Å²) in [6, 6.07) is 3.33. The lowest BCUT2D eigenvalue weighted by molar-refractivity contribution is -0.141. The molecular weight excluding hydrogens is 237 g/mol. The number of hydrogen-bond acceptors (Lipinski definition) is 3. The third-order valence-electron chi connectivity index (χ3n) is 2.41. The van der Waals surface area contributed by atoms with Crippen LogP contribution in [0.25, 0.3) is 0 Å². The van der Waals surface area contributed by atoms with Gasteiger partial charge in [0.2, 0.25) is 5.91 Å². The van der Waals surface area contributed by atoms with Crippen LogP contribution in [0.2, 0.25) is 0 Å². The van der Waals surface area contributed by atoms with Crippen LogP contribution in [0.3, 0.4) is 0 Å². The van der Waals surface area contributed by atoms with Gasteiger partial charge in [-0.25, -0.2) is 4.98 Å². The lowest BCUT2D eigenvalue weighted by atomic mass is 10.3.